The minimum Gasteiger partial charge on any atom is -0.325 e. The molecule has 2 N–H and O–H groups in total. The van der Waals surface area contributed by atoms with Crippen molar-refractivity contribution in [2.45, 2.75) is 18.9 Å². The molecular weight excluding hydrogens is 232 g/mol. The van der Waals surface area contributed by atoms with Crippen LogP contribution in [-0.2, 0) is 4.79 Å². The molecule has 3 nitrogen and oxygen atoms in total. The van der Waals surface area contributed by atoms with Crippen molar-refractivity contribution in [1.29, 1.82) is 0 Å². The molecular formula is C13H14N2OS. The average molecular weight is 246 g/mol. The maximum atomic E-state index is 11.6. The Hall–Kier alpha value is -1.39. The highest BCUT2D eigenvalue weighted by Gasteiger charge is 2.21. The first kappa shape index (κ1) is 10.7. The number of fused-ring (bicyclic) bond motifs is 1. The summed E-state index contributed by atoms with van der Waals surface area (Å²) in [6.45, 7) is 0.409. The third-order valence-corrected chi connectivity index (χ3v) is 3.76. The normalized spacial score (nSPS) is 15.1. The molecule has 0 radical (unpaired) electrons. The summed E-state index contributed by atoms with van der Waals surface area (Å²) in [6.07, 6.45) is 2.41. The number of carbonyl (C=O) groups is 1. The highest BCUT2D eigenvalue weighted by Crippen LogP contribution is 2.24. The van der Waals surface area contributed by atoms with Crippen molar-refractivity contribution in [3.8, 4) is 0 Å². The minimum absolute atomic E-state index is 0.0338. The molecule has 1 fully saturated rings. The molecule has 1 amide bonds. The van der Waals surface area contributed by atoms with Gasteiger partial charge in [-0.25, -0.2) is 0 Å². The second-order valence-corrected chi connectivity index (χ2v) is 5.32. The summed E-state index contributed by atoms with van der Waals surface area (Å²) >= 11 is 1.71. The molecule has 0 saturated heterocycles. The Bertz CT molecular complexity index is 545. The van der Waals surface area contributed by atoms with Gasteiger partial charge in [0.1, 0.15) is 0 Å². The standard InChI is InChI=1S/C13H14N2OS/c16-13(8-14-10-1-2-10)15-11-3-4-12-9(7-11)5-6-17-12/h3-7,10,14H,1-2,8H2,(H,15,16). The smallest absolute Gasteiger partial charge is 0.238 e. The van der Waals surface area contributed by atoms with E-state index in [-0.39, 0.29) is 5.91 Å². The quantitative estimate of drug-likeness (QED) is 0.870. The summed E-state index contributed by atoms with van der Waals surface area (Å²) in [5.74, 6) is 0.0338. The van der Waals surface area contributed by atoms with Crippen LogP contribution in [0.3, 0.4) is 0 Å². The van der Waals surface area contributed by atoms with Crippen molar-refractivity contribution < 1.29 is 4.79 Å². The molecule has 17 heavy (non-hydrogen) atoms. The zero-order chi connectivity index (χ0) is 11.7. The fourth-order valence-corrected chi connectivity index (χ4v) is 2.55. The molecule has 1 aromatic heterocycles. The van der Waals surface area contributed by atoms with Crippen LogP contribution in [0, 0.1) is 0 Å². The predicted octanol–water partition coefficient (Wildman–Crippen LogP) is 2.59. The van der Waals surface area contributed by atoms with Crippen molar-refractivity contribution in [3.63, 3.8) is 0 Å². The lowest BCUT2D eigenvalue weighted by atomic mass is 10.2. The summed E-state index contributed by atoms with van der Waals surface area (Å²) in [5, 5.41) is 9.35. The summed E-state index contributed by atoms with van der Waals surface area (Å²) in [6, 6.07) is 8.65. The highest BCUT2D eigenvalue weighted by atomic mass is 32.1. The van der Waals surface area contributed by atoms with Crippen LogP contribution in [0.25, 0.3) is 10.1 Å². The van der Waals surface area contributed by atoms with Gasteiger partial charge in [0.05, 0.1) is 6.54 Å². The van der Waals surface area contributed by atoms with Gasteiger partial charge in [0.25, 0.3) is 0 Å². The Labute approximate surface area is 104 Å². The van der Waals surface area contributed by atoms with E-state index in [1.807, 2.05) is 18.2 Å². The maximum absolute atomic E-state index is 11.6. The van der Waals surface area contributed by atoms with Crippen LogP contribution in [-0.4, -0.2) is 18.5 Å². The number of carbonyl (C=O) groups excluding carboxylic acids is 1. The molecule has 1 saturated carbocycles. The number of benzene rings is 1. The average Bonchev–Trinajstić information content (AvgIpc) is 3.04. The van der Waals surface area contributed by atoms with Gasteiger partial charge in [0.2, 0.25) is 5.91 Å². The van der Waals surface area contributed by atoms with Gasteiger partial charge in [0, 0.05) is 16.4 Å². The minimum atomic E-state index is 0.0338. The van der Waals surface area contributed by atoms with E-state index in [0.717, 1.165) is 5.69 Å². The van der Waals surface area contributed by atoms with E-state index in [1.165, 1.54) is 22.9 Å². The molecule has 0 unspecified atom stereocenters. The van der Waals surface area contributed by atoms with E-state index in [4.69, 9.17) is 0 Å². The van der Waals surface area contributed by atoms with Crippen LogP contribution in [0.15, 0.2) is 29.6 Å². The van der Waals surface area contributed by atoms with Gasteiger partial charge in [-0.15, -0.1) is 11.3 Å². The number of hydrogen-bond donors (Lipinski definition) is 2. The van der Waals surface area contributed by atoms with Gasteiger partial charge >= 0.3 is 0 Å². The van der Waals surface area contributed by atoms with Crippen LogP contribution in [0.1, 0.15) is 12.8 Å². The topological polar surface area (TPSA) is 41.1 Å². The second kappa shape index (κ2) is 4.47. The lowest BCUT2D eigenvalue weighted by Gasteiger charge is -2.06. The van der Waals surface area contributed by atoms with Gasteiger partial charge in [-0.05, 0) is 47.9 Å². The summed E-state index contributed by atoms with van der Waals surface area (Å²) in [4.78, 5) is 11.6. The van der Waals surface area contributed by atoms with Crippen LogP contribution < -0.4 is 10.6 Å². The Morgan fingerprint density at radius 3 is 3.06 bits per heavy atom. The first-order valence-corrected chi connectivity index (χ1v) is 6.70. The van der Waals surface area contributed by atoms with E-state index in [9.17, 15) is 4.79 Å². The molecule has 1 aromatic carbocycles. The Morgan fingerprint density at radius 2 is 2.24 bits per heavy atom. The van der Waals surface area contributed by atoms with E-state index >= 15 is 0 Å². The summed E-state index contributed by atoms with van der Waals surface area (Å²) in [7, 11) is 0. The summed E-state index contributed by atoms with van der Waals surface area (Å²) < 4.78 is 1.25. The van der Waals surface area contributed by atoms with Crippen molar-refractivity contribution in [2.75, 3.05) is 11.9 Å². The van der Waals surface area contributed by atoms with Crippen LogP contribution >= 0.6 is 11.3 Å². The number of amides is 1. The molecule has 0 bridgehead atoms. The van der Waals surface area contributed by atoms with E-state index in [2.05, 4.69) is 22.1 Å². The Kier molecular flexibility index (Phi) is 2.82. The molecule has 1 heterocycles. The zero-order valence-electron chi connectivity index (χ0n) is 9.40. The van der Waals surface area contributed by atoms with Gasteiger partial charge in [-0.3, -0.25) is 4.79 Å². The third kappa shape index (κ3) is 2.65. The largest absolute Gasteiger partial charge is 0.325 e. The monoisotopic (exact) mass is 246 g/mol. The number of hydrogen-bond acceptors (Lipinski definition) is 3. The molecule has 88 valence electrons. The third-order valence-electron chi connectivity index (χ3n) is 2.86. The lowest BCUT2D eigenvalue weighted by Crippen LogP contribution is -2.29. The number of rotatable bonds is 4. The van der Waals surface area contributed by atoms with E-state index < -0.39 is 0 Å². The molecule has 0 spiro atoms. The van der Waals surface area contributed by atoms with Gasteiger partial charge in [-0.2, -0.15) is 0 Å². The van der Waals surface area contributed by atoms with Gasteiger partial charge in [-0.1, -0.05) is 0 Å². The van der Waals surface area contributed by atoms with Crippen molar-refractivity contribution in [2.24, 2.45) is 0 Å². The fourth-order valence-electron chi connectivity index (χ4n) is 1.77. The lowest BCUT2D eigenvalue weighted by molar-refractivity contribution is -0.115. The second-order valence-electron chi connectivity index (χ2n) is 4.38. The predicted molar refractivity (Wildman–Crippen MR) is 71.5 cm³/mol. The summed E-state index contributed by atoms with van der Waals surface area (Å²) in [5.41, 5.74) is 0.874. The number of anilines is 1. The first-order chi connectivity index (χ1) is 8.31. The molecule has 4 heteroatoms. The zero-order valence-corrected chi connectivity index (χ0v) is 10.2. The van der Waals surface area contributed by atoms with E-state index in [0.29, 0.717) is 12.6 Å². The van der Waals surface area contributed by atoms with Gasteiger partial charge < -0.3 is 10.6 Å². The molecule has 0 aliphatic heterocycles. The highest BCUT2D eigenvalue weighted by molar-refractivity contribution is 7.17. The fraction of sp³-hybridized carbons (Fsp3) is 0.308. The van der Waals surface area contributed by atoms with E-state index in [1.54, 1.807) is 11.3 Å². The number of thiophene rings is 1. The van der Waals surface area contributed by atoms with Crippen LogP contribution in [0.2, 0.25) is 0 Å². The first-order valence-electron chi connectivity index (χ1n) is 5.82. The van der Waals surface area contributed by atoms with Crippen LogP contribution in [0.5, 0.6) is 0 Å². The number of nitrogens with one attached hydrogen (secondary N) is 2. The van der Waals surface area contributed by atoms with Crippen molar-refractivity contribution in [1.82, 2.24) is 5.32 Å². The molecule has 2 aromatic rings. The van der Waals surface area contributed by atoms with Crippen molar-refractivity contribution in [3.05, 3.63) is 29.6 Å². The van der Waals surface area contributed by atoms with Crippen molar-refractivity contribution >= 4 is 33.0 Å². The molecule has 0 atom stereocenters. The molecule has 3 rings (SSSR count). The van der Waals surface area contributed by atoms with Crippen LogP contribution in [0.4, 0.5) is 5.69 Å². The SMILES string of the molecule is O=C(CNC1CC1)Nc1ccc2sccc2c1. The van der Waals surface area contributed by atoms with Gasteiger partial charge in [0.15, 0.2) is 0 Å². The molecule has 1 aliphatic rings. The Morgan fingerprint density at radius 1 is 1.35 bits per heavy atom. The Balaban J connectivity index is 1.64. The maximum Gasteiger partial charge on any atom is 0.238 e. The molecule has 1 aliphatic carbocycles.